The van der Waals surface area contributed by atoms with Gasteiger partial charge in [-0.3, -0.25) is 4.79 Å². The normalized spacial score (nSPS) is 12.7. The van der Waals surface area contributed by atoms with E-state index >= 15 is 0 Å². The molecule has 0 aliphatic rings. The number of nitrogens with one attached hydrogen (secondary N) is 2. The zero-order valence-corrected chi connectivity index (χ0v) is 14.1. The van der Waals surface area contributed by atoms with E-state index < -0.39 is 0 Å². The zero-order chi connectivity index (χ0) is 15.8. The second-order valence-corrected chi connectivity index (χ2v) is 6.66. The minimum atomic E-state index is -0.168. The van der Waals surface area contributed by atoms with Crippen LogP contribution in [-0.4, -0.2) is 18.5 Å². The molecule has 1 amide bonds. The van der Waals surface area contributed by atoms with Crippen LogP contribution in [0.1, 0.15) is 45.7 Å². The van der Waals surface area contributed by atoms with E-state index in [1.54, 1.807) is 0 Å². The molecule has 0 aromatic heterocycles. The highest BCUT2D eigenvalue weighted by atomic mass is 16.2. The van der Waals surface area contributed by atoms with Gasteiger partial charge in [-0.05, 0) is 36.3 Å². The lowest BCUT2D eigenvalue weighted by Crippen LogP contribution is -2.42. The van der Waals surface area contributed by atoms with Crippen molar-refractivity contribution < 1.29 is 4.79 Å². The Bertz CT molecular complexity index is 423. The minimum absolute atomic E-state index is 0.0696. The van der Waals surface area contributed by atoms with E-state index in [4.69, 9.17) is 0 Å². The van der Waals surface area contributed by atoms with Gasteiger partial charge in [0.15, 0.2) is 0 Å². The van der Waals surface area contributed by atoms with E-state index in [1.807, 2.05) is 6.92 Å². The molecule has 2 N–H and O–H groups in total. The molecule has 1 aromatic carbocycles. The van der Waals surface area contributed by atoms with Crippen LogP contribution in [0.3, 0.4) is 0 Å². The molecule has 3 heteroatoms. The molecular weight excluding hydrogens is 260 g/mol. The molecule has 3 nitrogen and oxygen atoms in total. The van der Waals surface area contributed by atoms with Crippen LogP contribution in [0.15, 0.2) is 24.3 Å². The van der Waals surface area contributed by atoms with Crippen LogP contribution >= 0.6 is 0 Å². The van der Waals surface area contributed by atoms with Crippen molar-refractivity contribution in [1.29, 1.82) is 0 Å². The number of hydrogen-bond donors (Lipinski definition) is 2. The second-order valence-electron chi connectivity index (χ2n) is 6.66. The van der Waals surface area contributed by atoms with E-state index in [0.29, 0.717) is 11.8 Å². The smallest absolute Gasteiger partial charge is 0.236 e. The van der Waals surface area contributed by atoms with E-state index in [0.717, 1.165) is 19.5 Å². The summed E-state index contributed by atoms with van der Waals surface area (Å²) in [5.41, 5.74) is 2.59. The van der Waals surface area contributed by atoms with E-state index in [1.165, 1.54) is 11.1 Å². The topological polar surface area (TPSA) is 41.1 Å². The first-order valence-electron chi connectivity index (χ1n) is 7.97. The van der Waals surface area contributed by atoms with Crippen molar-refractivity contribution in [3.05, 3.63) is 35.4 Å². The maximum absolute atomic E-state index is 11.9. The highest BCUT2D eigenvalue weighted by molar-refractivity contribution is 5.81. The Balaban J connectivity index is 2.38. The van der Waals surface area contributed by atoms with Crippen LogP contribution < -0.4 is 10.6 Å². The molecular formula is C18H30N2O. The molecule has 1 unspecified atom stereocenters. The van der Waals surface area contributed by atoms with E-state index in [9.17, 15) is 4.79 Å². The van der Waals surface area contributed by atoms with Gasteiger partial charge < -0.3 is 10.6 Å². The third-order valence-electron chi connectivity index (χ3n) is 3.36. The van der Waals surface area contributed by atoms with Crippen LogP contribution in [-0.2, 0) is 17.8 Å². The van der Waals surface area contributed by atoms with Gasteiger partial charge in [-0.1, -0.05) is 52.0 Å². The Kier molecular flexibility index (Phi) is 7.44. The Morgan fingerprint density at radius 1 is 0.952 bits per heavy atom. The number of amides is 1. The standard InChI is InChI=1S/C18H30N2O/c1-13(2)10-16-6-8-17(9-7-16)12-19-15(5)18(21)20-11-14(3)4/h6-9,13-15,19H,10-12H2,1-5H3,(H,20,21). The largest absolute Gasteiger partial charge is 0.354 e. The lowest BCUT2D eigenvalue weighted by molar-refractivity contribution is -0.122. The molecule has 0 saturated carbocycles. The van der Waals surface area contributed by atoms with Crippen LogP contribution in [0.25, 0.3) is 0 Å². The van der Waals surface area contributed by atoms with Crippen molar-refractivity contribution in [2.75, 3.05) is 6.54 Å². The summed E-state index contributed by atoms with van der Waals surface area (Å²) in [5.74, 6) is 1.23. The van der Waals surface area contributed by atoms with Gasteiger partial charge in [0.05, 0.1) is 6.04 Å². The molecule has 0 heterocycles. The second kappa shape index (κ2) is 8.83. The fraction of sp³-hybridized carbons (Fsp3) is 0.611. The van der Waals surface area contributed by atoms with Crippen LogP contribution in [0.4, 0.5) is 0 Å². The summed E-state index contributed by atoms with van der Waals surface area (Å²) in [6.07, 6.45) is 1.11. The van der Waals surface area contributed by atoms with Crippen LogP contribution in [0.2, 0.25) is 0 Å². The maximum Gasteiger partial charge on any atom is 0.236 e. The molecule has 0 spiro atoms. The van der Waals surface area contributed by atoms with Crippen molar-refractivity contribution in [1.82, 2.24) is 10.6 Å². The van der Waals surface area contributed by atoms with Gasteiger partial charge in [-0.25, -0.2) is 0 Å². The summed E-state index contributed by atoms with van der Waals surface area (Å²) in [5, 5.41) is 6.22. The monoisotopic (exact) mass is 290 g/mol. The molecule has 1 rings (SSSR count). The fourth-order valence-electron chi connectivity index (χ4n) is 2.09. The Morgan fingerprint density at radius 3 is 2.05 bits per heavy atom. The van der Waals surface area contributed by atoms with Crippen LogP contribution in [0.5, 0.6) is 0 Å². The number of hydrogen-bond acceptors (Lipinski definition) is 2. The lowest BCUT2D eigenvalue weighted by Gasteiger charge is -2.15. The summed E-state index contributed by atoms with van der Waals surface area (Å²) in [4.78, 5) is 11.9. The molecule has 0 aliphatic carbocycles. The highest BCUT2D eigenvalue weighted by Crippen LogP contribution is 2.09. The Hall–Kier alpha value is -1.35. The summed E-state index contributed by atoms with van der Waals surface area (Å²) in [6.45, 7) is 12.0. The van der Waals surface area contributed by atoms with E-state index in [-0.39, 0.29) is 11.9 Å². The number of rotatable bonds is 8. The van der Waals surface area contributed by atoms with Gasteiger partial charge in [0.1, 0.15) is 0 Å². The molecule has 1 atom stereocenters. The maximum atomic E-state index is 11.9. The first-order chi connectivity index (χ1) is 9.88. The van der Waals surface area contributed by atoms with Crippen molar-refractivity contribution in [3.8, 4) is 0 Å². The SMILES string of the molecule is CC(C)CNC(=O)C(C)NCc1ccc(CC(C)C)cc1. The molecule has 0 fully saturated rings. The van der Waals surface area contributed by atoms with Gasteiger partial charge in [0, 0.05) is 13.1 Å². The predicted octanol–water partition coefficient (Wildman–Crippen LogP) is 3.14. The average molecular weight is 290 g/mol. The molecule has 118 valence electrons. The molecule has 21 heavy (non-hydrogen) atoms. The van der Waals surface area contributed by atoms with Crippen LogP contribution in [0, 0.1) is 11.8 Å². The summed E-state index contributed by atoms with van der Waals surface area (Å²) < 4.78 is 0. The highest BCUT2D eigenvalue weighted by Gasteiger charge is 2.11. The minimum Gasteiger partial charge on any atom is -0.354 e. The third kappa shape index (κ3) is 7.28. The van der Waals surface area contributed by atoms with Crippen molar-refractivity contribution in [2.45, 2.75) is 53.6 Å². The molecule has 0 radical (unpaired) electrons. The lowest BCUT2D eigenvalue weighted by atomic mass is 10.0. The molecule has 0 aliphatic heterocycles. The van der Waals surface area contributed by atoms with Crippen molar-refractivity contribution >= 4 is 5.91 Å². The molecule has 0 saturated heterocycles. The number of carbonyl (C=O) groups is 1. The van der Waals surface area contributed by atoms with Crippen molar-refractivity contribution in [2.24, 2.45) is 11.8 Å². The van der Waals surface area contributed by atoms with Gasteiger partial charge in [-0.15, -0.1) is 0 Å². The first-order valence-corrected chi connectivity index (χ1v) is 7.97. The Morgan fingerprint density at radius 2 is 1.52 bits per heavy atom. The van der Waals surface area contributed by atoms with E-state index in [2.05, 4.69) is 62.6 Å². The van der Waals surface area contributed by atoms with Gasteiger partial charge in [0.25, 0.3) is 0 Å². The summed E-state index contributed by atoms with van der Waals surface area (Å²) in [6, 6.07) is 8.48. The van der Waals surface area contributed by atoms with Gasteiger partial charge in [-0.2, -0.15) is 0 Å². The Labute approximate surface area is 129 Å². The number of carbonyl (C=O) groups excluding carboxylic acids is 1. The summed E-state index contributed by atoms with van der Waals surface area (Å²) >= 11 is 0. The fourth-order valence-corrected chi connectivity index (χ4v) is 2.09. The third-order valence-corrected chi connectivity index (χ3v) is 3.36. The van der Waals surface area contributed by atoms with Gasteiger partial charge in [0.2, 0.25) is 5.91 Å². The summed E-state index contributed by atoms with van der Waals surface area (Å²) in [7, 11) is 0. The van der Waals surface area contributed by atoms with Crippen molar-refractivity contribution in [3.63, 3.8) is 0 Å². The number of benzene rings is 1. The molecule has 1 aromatic rings. The first kappa shape index (κ1) is 17.7. The predicted molar refractivity (Wildman–Crippen MR) is 89.1 cm³/mol. The molecule has 0 bridgehead atoms. The zero-order valence-electron chi connectivity index (χ0n) is 14.1. The quantitative estimate of drug-likeness (QED) is 0.772. The van der Waals surface area contributed by atoms with Gasteiger partial charge >= 0.3 is 0 Å². The average Bonchev–Trinajstić information content (AvgIpc) is 2.43.